The summed E-state index contributed by atoms with van der Waals surface area (Å²) in [5, 5.41) is 0.294. The molecule has 34 heavy (non-hydrogen) atoms. The number of ketones is 1. The number of hydrogen-bond donors (Lipinski definition) is 0. The predicted octanol–water partition coefficient (Wildman–Crippen LogP) is 3.23. The fourth-order valence-electron chi connectivity index (χ4n) is 4.07. The third-order valence-electron chi connectivity index (χ3n) is 5.88. The highest BCUT2D eigenvalue weighted by Crippen LogP contribution is 2.31. The van der Waals surface area contributed by atoms with Gasteiger partial charge < -0.3 is 9.64 Å². The average Bonchev–Trinajstić information content (AvgIpc) is 3.26. The van der Waals surface area contributed by atoms with Gasteiger partial charge in [0.2, 0.25) is 5.91 Å². The second kappa shape index (κ2) is 9.80. The lowest BCUT2D eigenvalue weighted by Crippen LogP contribution is -2.26. The minimum Gasteiger partial charge on any atom is -0.469 e. The number of hydrogen-bond acceptors (Lipinski definition) is 7. The van der Waals surface area contributed by atoms with E-state index in [0.29, 0.717) is 34.6 Å². The smallest absolute Gasteiger partial charge is 0.307 e. The number of thioether (sulfide) groups is 1. The third kappa shape index (κ3) is 4.61. The van der Waals surface area contributed by atoms with Crippen LogP contribution < -0.4 is 10.5 Å². The van der Waals surface area contributed by atoms with Gasteiger partial charge in [0.25, 0.3) is 5.56 Å². The number of esters is 1. The number of nitrogens with zero attached hydrogens (tertiary/aromatic N) is 3. The molecule has 1 aliphatic heterocycles. The van der Waals surface area contributed by atoms with Crippen molar-refractivity contribution in [2.45, 2.75) is 43.6 Å². The Morgan fingerprint density at radius 3 is 2.68 bits per heavy atom. The van der Waals surface area contributed by atoms with Gasteiger partial charge in [-0.15, -0.1) is 0 Å². The summed E-state index contributed by atoms with van der Waals surface area (Å²) in [6, 6.07) is 12.4. The normalized spacial score (nSPS) is 13.6. The Hall–Kier alpha value is -3.46. The number of ether oxygens (including phenoxy) is 1. The molecular weight excluding hydrogens is 454 g/mol. The second-order valence-electron chi connectivity index (χ2n) is 8.08. The Labute approximate surface area is 200 Å². The van der Waals surface area contributed by atoms with E-state index < -0.39 is 11.2 Å². The van der Waals surface area contributed by atoms with E-state index in [9.17, 15) is 19.2 Å². The molecule has 0 fully saturated rings. The lowest BCUT2D eigenvalue weighted by Gasteiger charge is -2.17. The van der Waals surface area contributed by atoms with Crippen LogP contribution in [0.15, 0.2) is 52.4 Å². The molecule has 176 valence electrons. The number of amides is 1. The van der Waals surface area contributed by atoms with Gasteiger partial charge in [0.15, 0.2) is 10.9 Å². The first-order chi connectivity index (χ1) is 16.3. The fourth-order valence-corrected chi connectivity index (χ4v) is 5.08. The molecule has 0 bridgehead atoms. The number of anilines is 1. The van der Waals surface area contributed by atoms with E-state index in [-0.39, 0.29) is 30.2 Å². The van der Waals surface area contributed by atoms with Crippen molar-refractivity contribution in [3.63, 3.8) is 0 Å². The van der Waals surface area contributed by atoms with Gasteiger partial charge in [-0.1, -0.05) is 23.9 Å². The molecule has 2 heterocycles. The van der Waals surface area contributed by atoms with Crippen LogP contribution in [0.25, 0.3) is 10.9 Å². The second-order valence-corrected chi connectivity index (χ2v) is 9.39. The SMILES string of the molecule is COC(=O)CCn1c(S[C@@H](C)C(=O)c2ccc3c(c2)CCN3C(C)=O)nc2ccccc2c1=O. The molecule has 0 saturated carbocycles. The monoisotopic (exact) mass is 479 g/mol. The van der Waals surface area contributed by atoms with Crippen molar-refractivity contribution in [2.24, 2.45) is 0 Å². The highest BCUT2D eigenvalue weighted by atomic mass is 32.2. The van der Waals surface area contributed by atoms with Crippen molar-refractivity contribution in [1.82, 2.24) is 9.55 Å². The molecule has 0 unspecified atom stereocenters. The van der Waals surface area contributed by atoms with Crippen molar-refractivity contribution in [3.8, 4) is 0 Å². The third-order valence-corrected chi connectivity index (χ3v) is 6.98. The molecule has 4 rings (SSSR count). The van der Waals surface area contributed by atoms with Gasteiger partial charge >= 0.3 is 5.97 Å². The number of benzene rings is 2. The number of methoxy groups -OCH3 is 1. The van der Waals surface area contributed by atoms with Crippen LogP contribution in [0, 0.1) is 0 Å². The summed E-state index contributed by atoms with van der Waals surface area (Å²) in [6.07, 6.45) is 0.723. The summed E-state index contributed by atoms with van der Waals surface area (Å²) in [4.78, 5) is 56.2. The molecule has 3 aromatic rings. The molecule has 0 radical (unpaired) electrons. The summed E-state index contributed by atoms with van der Waals surface area (Å²) in [5.74, 6) is -0.553. The van der Waals surface area contributed by atoms with Crippen LogP contribution in [0.3, 0.4) is 0 Å². The summed E-state index contributed by atoms with van der Waals surface area (Å²) < 4.78 is 6.15. The zero-order valence-electron chi connectivity index (χ0n) is 19.2. The van der Waals surface area contributed by atoms with E-state index in [1.54, 1.807) is 42.2 Å². The van der Waals surface area contributed by atoms with Crippen LogP contribution in [0.2, 0.25) is 0 Å². The number of fused-ring (bicyclic) bond motifs is 2. The van der Waals surface area contributed by atoms with Crippen molar-refractivity contribution >= 4 is 46.0 Å². The molecule has 1 amide bonds. The maximum absolute atomic E-state index is 13.2. The number of carbonyl (C=O) groups excluding carboxylic acids is 3. The molecule has 9 heteroatoms. The molecule has 0 aliphatic carbocycles. The zero-order valence-corrected chi connectivity index (χ0v) is 20.1. The minimum absolute atomic E-state index is 0.0176. The molecule has 2 aromatic carbocycles. The predicted molar refractivity (Wildman–Crippen MR) is 130 cm³/mol. The van der Waals surface area contributed by atoms with Gasteiger partial charge in [0, 0.05) is 31.3 Å². The van der Waals surface area contributed by atoms with Gasteiger partial charge in [-0.3, -0.25) is 23.7 Å². The molecule has 0 spiro atoms. The highest BCUT2D eigenvalue weighted by molar-refractivity contribution is 8.00. The van der Waals surface area contributed by atoms with Crippen LogP contribution in [0.1, 0.15) is 36.2 Å². The van der Waals surface area contributed by atoms with E-state index in [1.807, 2.05) is 12.1 Å². The Morgan fingerprint density at radius 1 is 1.18 bits per heavy atom. The fraction of sp³-hybridized carbons (Fsp3) is 0.320. The van der Waals surface area contributed by atoms with Gasteiger partial charge in [0.05, 0.1) is 29.7 Å². The summed E-state index contributed by atoms with van der Waals surface area (Å²) in [6.45, 7) is 4.02. The minimum atomic E-state index is -0.527. The Balaban J connectivity index is 1.62. The number of carbonyl (C=O) groups is 3. The first-order valence-corrected chi connectivity index (χ1v) is 11.9. The zero-order chi connectivity index (χ0) is 24.4. The summed E-state index contributed by atoms with van der Waals surface area (Å²) in [7, 11) is 1.30. The highest BCUT2D eigenvalue weighted by Gasteiger charge is 2.25. The number of Topliss-reactive ketones (excluding diaryl/α,β-unsaturated/α-hetero) is 1. The van der Waals surface area contributed by atoms with Crippen LogP contribution >= 0.6 is 11.8 Å². The molecule has 0 N–H and O–H groups in total. The average molecular weight is 480 g/mol. The summed E-state index contributed by atoms with van der Waals surface area (Å²) in [5.41, 5.74) is 2.63. The number of rotatable bonds is 7. The van der Waals surface area contributed by atoms with E-state index in [2.05, 4.69) is 4.98 Å². The van der Waals surface area contributed by atoms with E-state index in [4.69, 9.17) is 4.74 Å². The van der Waals surface area contributed by atoms with Crippen molar-refractivity contribution in [3.05, 3.63) is 63.9 Å². The Morgan fingerprint density at radius 2 is 1.94 bits per heavy atom. The molecule has 1 aliphatic rings. The quantitative estimate of drug-likeness (QED) is 0.222. The lowest BCUT2D eigenvalue weighted by atomic mass is 10.0. The van der Waals surface area contributed by atoms with Gasteiger partial charge in [-0.25, -0.2) is 4.98 Å². The van der Waals surface area contributed by atoms with Crippen LogP contribution in [-0.4, -0.2) is 46.1 Å². The number of aromatic nitrogens is 2. The Kier molecular flexibility index (Phi) is 6.83. The maximum Gasteiger partial charge on any atom is 0.307 e. The van der Waals surface area contributed by atoms with Crippen molar-refractivity contribution in [1.29, 1.82) is 0 Å². The van der Waals surface area contributed by atoms with Gasteiger partial charge in [0.1, 0.15) is 0 Å². The largest absolute Gasteiger partial charge is 0.469 e. The maximum atomic E-state index is 13.2. The van der Waals surface area contributed by atoms with Crippen molar-refractivity contribution < 1.29 is 19.1 Å². The molecule has 1 atom stereocenters. The molecular formula is C25H25N3O5S. The van der Waals surface area contributed by atoms with Crippen molar-refractivity contribution in [2.75, 3.05) is 18.6 Å². The molecule has 8 nitrogen and oxygen atoms in total. The van der Waals surface area contributed by atoms with Gasteiger partial charge in [-0.05, 0) is 49.2 Å². The van der Waals surface area contributed by atoms with Crippen LogP contribution in [0.4, 0.5) is 5.69 Å². The Bertz CT molecular complexity index is 1350. The first-order valence-electron chi connectivity index (χ1n) is 11.0. The van der Waals surface area contributed by atoms with E-state index in [0.717, 1.165) is 11.3 Å². The molecule has 1 aromatic heterocycles. The summed E-state index contributed by atoms with van der Waals surface area (Å²) >= 11 is 1.19. The topological polar surface area (TPSA) is 98.6 Å². The van der Waals surface area contributed by atoms with Crippen LogP contribution in [-0.2, 0) is 27.3 Å². The first kappa shape index (κ1) is 23.7. The van der Waals surface area contributed by atoms with Gasteiger partial charge in [-0.2, -0.15) is 0 Å². The van der Waals surface area contributed by atoms with E-state index >= 15 is 0 Å². The van der Waals surface area contributed by atoms with E-state index in [1.165, 1.54) is 30.4 Å². The lowest BCUT2D eigenvalue weighted by molar-refractivity contribution is -0.140. The molecule has 0 saturated heterocycles. The number of para-hydroxylation sites is 1. The van der Waals surface area contributed by atoms with Crippen LogP contribution in [0.5, 0.6) is 0 Å². The standard InChI is InChI=1S/C25H25N3O5S/c1-15(23(31)18-8-9-21-17(14-18)10-12-27(21)16(2)29)34-25-26-20-7-5-4-6-19(20)24(32)28(25)13-11-22(30)33-3/h4-9,14-15H,10-13H2,1-3H3/t15-/m0/s1.